The van der Waals surface area contributed by atoms with Crippen molar-refractivity contribution in [1.82, 2.24) is 4.98 Å². The summed E-state index contributed by atoms with van der Waals surface area (Å²) in [4.78, 5) is 4.04. The number of anilines is 1. The zero-order chi connectivity index (χ0) is 12.5. The summed E-state index contributed by atoms with van der Waals surface area (Å²) in [7, 11) is 0. The highest BCUT2D eigenvalue weighted by atomic mass is 14.9. The number of hydrogen-bond acceptors (Lipinski definition) is 3. The second kappa shape index (κ2) is 7.67. The first kappa shape index (κ1) is 13.5. The molecule has 0 radical (unpaired) electrons. The second-order valence-corrected chi connectivity index (χ2v) is 4.44. The molecule has 0 aromatic carbocycles. The maximum atomic E-state index is 8.64. The van der Waals surface area contributed by atoms with Crippen LogP contribution < -0.4 is 5.32 Å². The Hall–Kier alpha value is -1.56. The predicted molar refractivity (Wildman–Crippen MR) is 70.8 cm³/mol. The third-order valence-electron chi connectivity index (χ3n) is 2.78. The first-order chi connectivity index (χ1) is 8.26. The molecule has 1 atom stereocenters. The molecule has 3 heteroatoms. The first-order valence-corrected chi connectivity index (χ1v) is 6.39. The lowest BCUT2D eigenvalue weighted by molar-refractivity contribution is 0.594. The Morgan fingerprint density at radius 2 is 2.18 bits per heavy atom. The minimum absolute atomic E-state index is 0.460. The number of nitriles is 1. The average molecular weight is 231 g/mol. The van der Waals surface area contributed by atoms with Crippen LogP contribution in [0.2, 0.25) is 0 Å². The molecular weight excluding hydrogens is 210 g/mol. The van der Waals surface area contributed by atoms with Gasteiger partial charge in [-0.1, -0.05) is 32.6 Å². The van der Waals surface area contributed by atoms with Crippen LogP contribution in [-0.2, 0) is 0 Å². The highest BCUT2D eigenvalue weighted by Crippen LogP contribution is 2.11. The highest BCUT2D eigenvalue weighted by molar-refractivity contribution is 5.43. The normalized spacial score (nSPS) is 11.8. The summed E-state index contributed by atoms with van der Waals surface area (Å²) < 4.78 is 0. The minimum atomic E-state index is 0.460. The summed E-state index contributed by atoms with van der Waals surface area (Å²) in [5.41, 5.74) is 1.46. The van der Waals surface area contributed by atoms with Gasteiger partial charge in [0.1, 0.15) is 11.8 Å². The number of nitrogens with one attached hydrogen (secondary N) is 1. The van der Waals surface area contributed by atoms with Crippen molar-refractivity contribution in [3.63, 3.8) is 0 Å². The maximum absolute atomic E-state index is 8.64. The van der Waals surface area contributed by atoms with E-state index in [1.54, 1.807) is 12.3 Å². The lowest BCUT2D eigenvalue weighted by Crippen LogP contribution is -2.14. The van der Waals surface area contributed by atoms with E-state index in [0.29, 0.717) is 11.7 Å². The molecule has 3 nitrogen and oxygen atoms in total. The van der Waals surface area contributed by atoms with Gasteiger partial charge in [-0.3, -0.25) is 0 Å². The summed E-state index contributed by atoms with van der Waals surface area (Å²) in [6.07, 6.45) is 8.09. The molecule has 0 aliphatic heterocycles. The van der Waals surface area contributed by atoms with Gasteiger partial charge in [-0.05, 0) is 25.5 Å². The molecule has 1 rings (SSSR count). The lowest BCUT2D eigenvalue weighted by atomic mass is 10.1. The fraction of sp³-hybridized carbons (Fsp3) is 0.571. The van der Waals surface area contributed by atoms with E-state index in [1.165, 1.54) is 32.1 Å². The van der Waals surface area contributed by atoms with E-state index < -0.39 is 0 Å². The second-order valence-electron chi connectivity index (χ2n) is 4.44. The van der Waals surface area contributed by atoms with Crippen molar-refractivity contribution >= 4 is 5.69 Å². The van der Waals surface area contributed by atoms with E-state index in [0.717, 1.165) is 5.69 Å². The van der Waals surface area contributed by atoms with Gasteiger partial charge >= 0.3 is 0 Å². The van der Waals surface area contributed by atoms with Gasteiger partial charge in [0.05, 0.1) is 11.9 Å². The molecule has 1 N–H and O–H groups in total. The largest absolute Gasteiger partial charge is 0.381 e. The van der Waals surface area contributed by atoms with E-state index in [-0.39, 0.29) is 0 Å². The predicted octanol–water partition coefficient (Wildman–Crippen LogP) is 3.72. The van der Waals surface area contributed by atoms with Crippen molar-refractivity contribution in [3.05, 3.63) is 24.0 Å². The fourth-order valence-corrected chi connectivity index (χ4v) is 1.78. The quantitative estimate of drug-likeness (QED) is 0.727. The summed E-state index contributed by atoms with van der Waals surface area (Å²) >= 11 is 0. The molecule has 0 fully saturated rings. The number of nitrogens with zero attached hydrogens (tertiary/aromatic N) is 2. The van der Waals surface area contributed by atoms with Gasteiger partial charge < -0.3 is 5.32 Å². The lowest BCUT2D eigenvalue weighted by Gasteiger charge is -2.14. The third-order valence-corrected chi connectivity index (χ3v) is 2.78. The van der Waals surface area contributed by atoms with Crippen LogP contribution in [0, 0.1) is 11.3 Å². The van der Waals surface area contributed by atoms with Crippen LogP contribution in [0.25, 0.3) is 0 Å². The van der Waals surface area contributed by atoms with Gasteiger partial charge in [-0.2, -0.15) is 5.26 Å². The van der Waals surface area contributed by atoms with Crippen LogP contribution in [0.5, 0.6) is 0 Å². The van der Waals surface area contributed by atoms with E-state index >= 15 is 0 Å². The molecule has 0 spiro atoms. The van der Waals surface area contributed by atoms with E-state index in [2.05, 4.69) is 24.1 Å². The summed E-state index contributed by atoms with van der Waals surface area (Å²) in [5.74, 6) is 0. The van der Waals surface area contributed by atoms with Crippen LogP contribution >= 0.6 is 0 Å². The number of aromatic nitrogens is 1. The molecule has 92 valence electrons. The molecule has 0 saturated heterocycles. The van der Waals surface area contributed by atoms with Crippen molar-refractivity contribution < 1.29 is 0 Å². The Labute approximate surface area is 104 Å². The molecule has 1 aromatic rings. The van der Waals surface area contributed by atoms with Gasteiger partial charge in [0.2, 0.25) is 0 Å². The Bertz CT molecular complexity index is 351. The monoisotopic (exact) mass is 231 g/mol. The van der Waals surface area contributed by atoms with Gasteiger partial charge in [-0.15, -0.1) is 0 Å². The Morgan fingerprint density at radius 1 is 1.35 bits per heavy atom. The van der Waals surface area contributed by atoms with Crippen molar-refractivity contribution in [2.75, 3.05) is 5.32 Å². The molecule has 1 unspecified atom stereocenters. The Kier molecular flexibility index (Phi) is 6.09. The number of rotatable bonds is 7. The van der Waals surface area contributed by atoms with Crippen LogP contribution in [-0.4, -0.2) is 11.0 Å². The van der Waals surface area contributed by atoms with E-state index in [9.17, 15) is 0 Å². The molecular formula is C14H21N3. The SMILES string of the molecule is CCCCCCC(C)Nc1ccc(C#N)nc1. The smallest absolute Gasteiger partial charge is 0.140 e. The van der Waals surface area contributed by atoms with Crippen molar-refractivity contribution in [2.45, 2.75) is 52.0 Å². The molecule has 0 aliphatic rings. The van der Waals surface area contributed by atoms with Gasteiger partial charge in [0, 0.05) is 6.04 Å². The molecule has 0 amide bonds. The highest BCUT2D eigenvalue weighted by Gasteiger charge is 2.02. The molecule has 17 heavy (non-hydrogen) atoms. The van der Waals surface area contributed by atoms with Gasteiger partial charge in [0.25, 0.3) is 0 Å². The topological polar surface area (TPSA) is 48.7 Å². The van der Waals surface area contributed by atoms with Crippen LogP contribution in [0.1, 0.15) is 51.6 Å². The average Bonchev–Trinajstić information content (AvgIpc) is 2.36. The number of hydrogen-bond donors (Lipinski definition) is 1. The molecule has 1 aromatic heterocycles. The Morgan fingerprint density at radius 3 is 2.76 bits per heavy atom. The third kappa shape index (κ3) is 5.35. The maximum Gasteiger partial charge on any atom is 0.140 e. The molecule has 1 heterocycles. The zero-order valence-electron chi connectivity index (χ0n) is 10.7. The minimum Gasteiger partial charge on any atom is -0.381 e. The molecule has 0 bridgehead atoms. The van der Waals surface area contributed by atoms with Crippen LogP contribution in [0.3, 0.4) is 0 Å². The standard InChI is InChI=1S/C14H21N3/c1-3-4-5-6-7-12(2)17-14-9-8-13(10-15)16-11-14/h8-9,11-12,17H,3-7H2,1-2H3. The van der Waals surface area contributed by atoms with Crippen molar-refractivity contribution in [3.8, 4) is 6.07 Å². The van der Waals surface area contributed by atoms with Crippen LogP contribution in [0.15, 0.2) is 18.3 Å². The van der Waals surface area contributed by atoms with Crippen molar-refractivity contribution in [1.29, 1.82) is 5.26 Å². The summed E-state index contributed by atoms with van der Waals surface area (Å²) in [6.45, 7) is 4.41. The fourth-order valence-electron chi connectivity index (χ4n) is 1.78. The molecule has 0 saturated carbocycles. The molecule has 0 aliphatic carbocycles. The van der Waals surface area contributed by atoms with E-state index in [1.807, 2.05) is 12.1 Å². The van der Waals surface area contributed by atoms with Gasteiger partial charge in [0.15, 0.2) is 0 Å². The summed E-state index contributed by atoms with van der Waals surface area (Å²) in [6, 6.07) is 6.13. The first-order valence-electron chi connectivity index (χ1n) is 6.39. The van der Waals surface area contributed by atoms with Crippen LogP contribution in [0.4, 0.5) is 5.69 Å². The van der Waals surface area contributed by atoms with Crippen molar-refractivity contribution in [2.24, 2.45) is 0 Å². The van der Waals surface area contributed by atoms with E-state index in [4.69, 9.17) is 5.26 Å². The Balaban J connectivity index is 2.30. The zero-order valence-corrected chi connectivity index (χ0v) is 10.7. The number of unbranched alkanes of at least 4 members (excludes halogenated alkanes) is 3. The number of pyridine rings is 1. The van der Waals surface area contributed by atoms with Gasteiger partial charge in [-0.25, -0.2) is 4.98 Å². The summed E-state index contributed by atoms with van der Waals surface area (Å²) in [5, 5.41) is 12.0.